The van der Waals surface area contributed by atoms with E-state index < -0.39 is 10.0 Å². The van der Waals surface area contributed by atoms with Gasteiger partial charge in [0.15, 0.2) is 0 Å². The fraction of sp³-hybridized carbons (Fsp3) is 0.583. The predicted molar refractivity (Wildman–Crippen MR) is 79.9 cm³/mol. The molecule has 5 nitrogen and oxygen atoms in total. The molecule has 1 aromatic rings. The second-order valence-electron chi connectivity index (χ2n) is 4.71. The van der Waals surface area contributed by atoms with Gasteiger partial charge in [0.25, 0.3) is 0 Å². The van der Waals surface area contributed by atoms with E-state index in [9.17, 15) is 8.42 Å². The number of rotatable bonds is 5. The first-order valence-electron chi connectivity index (χ1n) is 6.29. The summed E-state index contributed by atoms with van der Waals surface area (Å²) >= 11 is 2.97. The van der Waals surface area contributed by atoms with E-state index in [4.69, 9.17) is 0 Å². The van der Waals surface area contributed by atoms with Gasteiger partial charge in [0.2, 0.25) is 10.0 Å². The quantitative estimate of drug-likeness (QED) is 0.821. The molecule has 1 aliphatic rings. The van der Waals surface area contributed by atoms with Crippen LogP contribution in [0.5, 0.6) is 0 Å². The molecule has 2 rings (SSSR count). The molecule has 0 saturated carbocycles. The highest BCUT2D eigenvalue weighted by Crippen LogP contribution is 2.22. The lowest BCUT2D eigenvalue weighted by Crippen LogP contribution is -2.38. The monoisotopic (exact) mass is 347 g/mol. The Labute approximate surface area is 122 Å². The standard InChI is InChI=1S/C12H18BrN3O2S/c13-10-19(17,18)15-8-11-3-6-16(7-4-11)12-2-1-5-14-9-12/h1-2,5,9,11,15H,3-4,6-8,10H2. The van der Waals surface area contributed by atoms with Crippen molar-refractivity contribution in [3.8, 4) is 0 Å². The number of piperidine rings is 1. The van der Waals surface area contributed by atoms with Crippen LogP contribution in [0, 0.1) is 5.92 Å². The third-order valence-electron chi connectivity index (χ3n) is 3.36. The van der Waals surface area contributed by atoms with Crippen molar-refractivity contribution in [2.24, 2.45) is 5.92 Å². The summed E-state index contributed by atoms with van der Waals surface area (Å²) in [6.07, 6.45) is 5.64. The van der Waals surface area contributed by atoms with Gasteiger partial charge in [-0.2, -0.15) is 0 Å². The van der Waals surface area contributed by atoms with E-state index >= 15 is 0 Å². The number of pyridine rings is 1. The molecular formula is C12H18BrN3O2S. The van der Waals surface area contributed by atoms with Gasteiger partial charge < -0.3 is 4.90 Å². The van der Waals surface area contributed by atoms with Gasteiger partial charge in [0.05, 0.1) is 11.9 Å². The Kier molecular flexibility index (Phi) is 5.18. The van der Waals surface area contributed by atoms with Gasteiger partial charge in [-0.05, 0) is 30.9 Å². The summed E-state index contributed by atoms with van der Waals surface area (Å²) < 4.78 is 25.3. The Hall–Kier alpha value is -0.660. The topological polar surface area (TPSA) is 62.3 Å². The fourth-order valence-corrected chi connectivity index (χ4v) is 3.27. The van der Waals surface area contributed by atoms with Crippen LogP contribution >= 0.6 is 15.9 Å². The summed E-state index contributed by atoms with van der Waals surface area (Å²) in [5, 5.41) is 0. The van der Waals surface area contributed by atoms with E-state index in [1.54, 1.807) is 6.20 Å². The maximum Gasteiger partial charge on any atom is 0.221 e. The largest absolute Gasteiger partial charge is 0.370 e. The number of hydrogen-bond acceptors (Lipinski definition) is 4. The Morgan fingerprint density at radius 2 is 2.16 bits per heavy atom. The molecule has 1 saturated heterocycles. The zero-order valence-corrected chi connectivity index (χ0v) is 13.0. The van der Waals surface area contributed by atoms with Crippen LogP contribution in [0.1, 0.15) is 12.8 Å². The van der Waals surface area contributed by atoms with Gasteiger partial charge in [-0.15, -0.1) is 0 Å². The van der Waals surface area contributed by atoms with Crippen LogP contribution in [0.25, 0.3) is 0 Å². The highest BCUT2D eigenvalue weighted by atomic mass is 79.9. The lowest BCUT2D eigenvalue weighted by Gasteiger charge is -2.33. The molecule has 0 spiro atoms. The van der Waals surface area contributed by atoms with Crippen molar-refractivity contribution in [2.75, 3.05) is 29.2 Å². The molecule has 0 aliphatic carbocycles. The van der Waals surface area contributed by atoms with Crippen LogP contribution in [0.4, 0.5) is 5.69 Å². The number of hydrogen-bond donors (Lipinski definition) is 1. The smallest absolute Gasteiger partial charge is 0.221 e. The second kappa shape index (κ2) is 6.67. The average Bonchev–Trinajstić information content (AvgIpc) is 2.47. The van der Waals surface area contributed by atoms with Crippen molar-refractivity contribution < 1.29 is 8.42 Å². The highest BCUT2D eigenvalue weighted by molar-refractivity contribution is 9.10. The van der Waals surface area contributed by atoms with Crippen molar-refractivity contribution >= 4 is 31.6 Å². The maximum absolute atomic E-state index is 11.4. The Morgan fingerprint density at radius 3 is 2.74 bits per heavy atom. The molecule has 0 atom stereocenters. The van der Waals surface area contributed by atoms with Gasteiger partial charge in [-0.1, -0.05) is 15.9 Å². The Morgan fingerprint density at radius 1 is 1.42 bits per heavy atom. The predicted octanol–water partition coefficient (Wildman–Crippen LogP) is 1.57. The highest BCUT2D eigenvalue weighted by Gasteiger charge is 2.20. The molecule has 0 radical (unpaired) electrons. The zero-order chi connectivity index (χ0) is 13.7. The number of sulfonamides is 1. The van der Waals surface area contributed by atoms with E-state index in [-0.39, 0.29) is 4.66 Å². The number of aromatic nitrogens is 1. The minimum Gasteiger partial charge on any atom is -0.370 e. The van der Waals surface area contributed by atoms with Gasteiger partial charge in [0, 0.05) is 25.8 Å². The Balaban J connectivity index is 1.80. The van der Waals surface area contributed by atoms with Crippen molar-refractivity contribution in [3.63, 3.8) is 0 Å². The SMILES string of the molecule is O=S(=O)(CBr)NCC1CCN(c2cccnc2)CC1. The third-order valence-corrected chi connectivity index (χ3v) is 6.06. The van der Waals surface area contributed by atoms with E-state index in [0.29, 0.717) is 12.5 Å². The molecule has 1 fully saturated rings. The molecule has 19 heavy (non-hydrogen) atoms. The van der Waals surface area contributed by atoms with Crippen molar-refractivity contribution in [3.05, 3.63) is 24.5 Å². The van der Waals surface area contributed by atoms with Crippen LogP contribution < -0.4 is 9.62 Å². The molecular weight excluding hydrogens is 330 g/mol. The van der Waals surface area contributed by atoms with Crippen LogP contribution in [0.15, 0.2) is 24.5 Å². The van der Waals surface area contributed by atoms with Crippen LogP contribution in [-0.2, 0) is 10.0 Å². The van der Waals surface area contributed by atoms with E-state index in [1.165, 1.54) is 0 Å². The zero-order valence-electron chi connectivity index (χ0n) is 10.6. The summed E-state index contributed by atoms with van der Waals surface area (Å²) in [6.45, 7) is 2.44. The third kappa shape index (κ3) is 4.43. The number of anilines is 1. The molecule has 0 amide bonds. The number of halogens is 1. The van der Waals surface area contributed by atoms with Gasteiger partial charge >= 0.3 is 0 Å². The van der Waals surface area contributed by atoms with E-state index in [1.807, 2.05) is 12.3 Å². The van der Waals surface area contributed by atoms with Crippen LogP contribution in [0.2, 0.25) is 0 Å². The van der Waals surface area contributed by atoms with Gasteiger partial charge in [0.1, 0.15) is 4.66 Å². The normalized spacial score (nSPS) is 17.6. The van der Waals surface area contributed by atoms with Gasteiger partial charge in [-0.25, -0.2) is 13.1 Å². The minimum absolute atomic E-state index is 0.0332. The minimum atomic E-state index is -3.14. The van der Waals surface area contributed by atoms with Crippen molar-refractivity contribution in [1.82, 2.24) is 9.71 Å². The first kappa shape index (κ1) is 14.7. The average molecular weight is 348 g/mol. The van der Waals surface area contributed by atoms with E-state index in [2.05, 4.69) is 36.6 Å². The van der Waals surface area contributed by atoms with Crippen LogP contribution in [0.3, 0.4) is 0 Å². The molecule has 2 heterocycles. The second-order valence-corrected chi connectivity index (χ2v) is 7.82. The molecule has 1 aromatic heterocycles. The van der Waals surface area contributed by atoms with Crippen molar-refractivity contribution in [2.45, 2.75) is 12.8 Å². The molecule has 0 bridgehead atoms. The summed E-state index contributed by atoms with van der Waals surface area (Å²) in [5.41, 5.74) is 1.14. The van der Waals surface area contributed by atoms with Crippen LogP contribution in [-0.4, -0.2) is 37.7 Å². The molecule has 0 unspecified atom stereocenters. The Bertz CT molecular complexity index is 487. The number of nitrogens with one attached hydrogen (secondary N) is 1. The lowest BCUT2D eigenvalue weighted by atomic mass is 9.97. The first-order chi connectivity index (χ1) is 9.11. The van der Waals surface area contributed by atoms with Gasteiger partial charge in [-0.3, -0.25) is 4.98 Å². The molecule has 0 aromatic carbocycles. The van der Waals surface area contributed by atoms with Crippen molar-refractivity contribution in [1.29, 1.82) is 0 Å². The number of nitrogens with zero attached hydrogens (tertiary/aromatic N) is 2. The molecule has 1 N–H and O–H groups in total. The maximum atomic E-state index is 11.4. The first-order valence-corrected chi connectivity index (χ1v) is 9.06. The summed E-state index contributed by atoms with van der Waals surface area (Å²) in [7, 11) is -3.14. The molecule has 1 aliphatic heterocycles. The fourth-order valence-electron chi connectivity index (χ4n) is 2.22. The summed E-state index contributed by atoms with van der Waals surface area (Å²) in [4.78, 5) is 6.41. The lowest BCUT2D eigenvalue weighted by molar-refractivity contribution is 0.402. The molecule has 106 valence electrons. The molecule has 7 heteroatoms. The van der Waals surface area contributed by atoms with E-state index in [0.717, 1.165) is 31.6 Å². The summed E-state index contributed by atoms with van der Waals surface area (Å²) in [6, 6.07) is 3.99. The summed E-state index contributed by atoms with van der Waals surface area (Å²) in [5.74, 6) is 0.418. The number of alkyl halides is 1.